The molecule has 3 aromatic rings. The van der Waals surface area contributed by atoms with Gasteiger partial charge in [-0.05, 0) is 45.4 Å². The van der Waals surface area contributed by atoms with E-state index in [0.29, 0.717) is 6.54 Å². The van der Waals surface area contributed by atoms with Gasteiger partial charge in [0.05, 0.1) is 44.4 Å². The van der Waals surface area contributed by atoms with Crippen LogP contribution in [-0.4, -0.2) is 40.7 Å². The predicted molar refractivity (Wildman–Crippen MR) is 100 cm³/mol. The molecule has 0 fully saturated rings. The van der Waals surface area contributed by atoms with Crippen molar-refractivity contribution in [3.8, 4) is 0 Å². The molecule has 3 rings (SSSR count). The van der Waals surface area contributed by atoms with Gasteiger partial charge < -0.3 is 19.2 Å². The van der Waals surface area contributed by atoms with E-state index in [1.165, 1.54) is 11.3 Å². The third-order valence-electron chi connectivity index (χ3n) is 5.07. The van der Waals surface area contributed by atoms with Crippen molar-refractivity contribution < 1.29 is 9.32 Å². The number of likely N-dealkylation sites (N-methyl/N-ethyl adjacent to an activating group) is 1. The summed E-state index contributed by atoms with van der Waals surface area (Å²) in [5, 5.41) is 4.63. The van der Waals surface area contributed by atoms with E-state index >= 15 is 0 Å². The third kappa shape index (κ3) is 3.54. The lowest BCUT2D eigenvalue weighted by molar-refractivity contribution is -0.894. The molecule has 0 radical (unpaired) electrons. The van der Waals surface area contributed by atoms with Crippen LogP contribution in [0.3, 0.4) is 0 Å². The highest BCUT2D eigenvalue weighted by Gasteiger charge is 2.17. The Morgan fingerprint density at radius 1 is 1.20 bits per heavy atom. The van der Waals surface area contributed by atoms with Crippen molar-refractivity contribution in [3.05, 3.63) is 41.7 Å². The van der Waals surface area contributed by atoms with Crippen molar-refractivity contribution in [1.82, 2.24) is 14.5 Å². The van der Waals surface area contributed by atoms with Crippen LogP contribution in [0.1, 0.15) is 30.9 Å². The van der Waals surface area contributed by atoms with Crippen LogP contribution >= 0.6 is 0 Å². The maximum atomic E-state index is 5.51. The van der Waals surface area contributed by atoms with Crippen molar-refractivity contribution in [2.45, 2.75) is 34.2 Å². The fourth-order valence-corrected chi connectivity index (χ4v) is 3.32. The van der Waals surface area contributed by atoms with E-state index in [1.54, 1.807) is 17.5 Å². The van der Waals surface area contributed by atoms with Crippen molar-refractivity contribution in [3.63, 3.8) is 0 Å². The van der Waals surface area contributed by atoms with E-state index in [2.05, 4.69) is 47.5 Å². The van der Waals surface area contributed by atoms with Crippen molar-refractivity contribution in [2.75, 3.05) is 31.5 Å². The Morgan fingerprint density at radius 3 is 2.68 bits per heavy atom. The van der Waals surface area contributed by atoms with Crippen LogP contribution in [0.4, 0.5) is 5.82 Å². The van der Waals surface area contributed by atoms with Gasteiger partial charge in [0.1, 0.15) is 23.6 Å². The number of rotatable bonds is 8. The first kappa shape index (κ1) is 17.5. The molecule has 0 amide bonds. The molecule has 0 aromatic carbocycles. The molecule has 0 aliphatic rings. The minimum Gasteiger partial charge on any atom is -0.467 e. The molecule has 0 saturated carbocycles. The summed E-state index contributed by atoms with van der Waals surface area (Å²) < 4.78 is 7.71. The molecule has 0 bridgehead atoms. The summed E-state index contributed by atoms with van der Waals surface area (Å²) >= 11 is 0. The molecule has 2 N–H and O–H groups in total. The van der Waals surface area contributed by atoms with Gasteiger partial charge in [0.2, 0.25) is 0 Å². The van der Waals surface area contributed by atoms with Gasteiger partial charge in [0, 0.05) is 5.69 Å². The number of aryl methyl sites for hydroxylation is 1. The van der Waals surface area contributed by atoms with E-state index in [0.717, 1.165) is 48.8 Å². The minimum absolute atomic E-state index is 0.684. The average Bonchev–Trinajstić information content (AvgIpc) is 3.22. The first-order valence-electron chi connectivity index (χ1n) is 9.05. The van der Waals surface area contributed by atoms with Gasteiger partial charge in [-0.2, -0.15) is 0 Å². The molecule has 0 aliphatic carbocycles. The highest BCUT2D eigenvalue weighted by molar-refractivity contribution is 5.91. The van der Waals surface area contributed by atoms with Crippen LogP contribution in [-0.2, 0) is 6.54 Å². The van der Waals surface area contributed by atoms with Gasteiger partial charge >= 0.3 is 0 Å². The average molecular weight is 342 g/mol. The maximum Gasteiger partial charge on any atom is 0.146 e. The predicted octanol–water partition coefficient (Wildman–Crippen LogP) is 2.03. The van der Waals surface area contributed by atoms with Crippen LogP contribution in [0.15, 0.2) is 29.1 Å². The molecule has 6 heteroatoms. The number of aromatic nitrogens is 3. The summed E-state index contributed by atoms with van der Waals surface area (Å²) in [7, 11) is 0. The summed E-state index contributed by atoms with van der Waals surface area (Å²) in [6.45, 7) is 13.7. The lowest BCUT2D eigenvalue weighted by Crippen LogP contribution is -3.12. The van der Waals surface area contributed by atoms with E-state index in [9.17, 15) is 0 Å². The Kier molecular flexibility index (Phi) is 5.38. The maximum absolute atomic E-state index is 5.51. The lowest BCUT2D eigenvalue weighted by atomic mass is 10.2. The number of fused-ring (bicyclic) bond motifs is 1. The van der Waals surface area contributed by atoms with Crippen LogP contribution in [0.2, 0.25) is 0 Å². The smallest absolute Gasteiger partial charge is 0.146 e. The number of nitrogens with one attached hydrogen (secondary N) is 2. The fraction of sp³-hybridized carbons (Fsp3) is 0.474. The second kappa shape index (κ2) is 7.70. The minimum atomic E-state index is 0.684. The second-order valence-electron chi connectivity index (χ2n) is 6.43. The Balaban J connectivity index is 1.88. The van der Waals surface area contributed by atoms with Crippen LogP contribution < -0.4 is 10.2 Å². The third-order valence-corrected chi connectivity index (χ3v) is 5.07. The molecule has 134 valence electrons. The summed E-state index contributed by atoms with van der Waals surface area (Å²) in [6.07, 6.45) is 3.35. The molecular weight excluding hydrogens is 314 g/mol. The topological polar surface area (TPSA) is 60.3 Å². The Bertz CT molecular complexity index is 818. The molecule has 25 heavy (non-hydrogen) atoms. The van der Waals surface area contributed by atoms with Crippen molar-refractivity contribution in [1.29, 1.82) is 0 Å². The zero-order valence-corrected chi connectivity index (χ0v) is 15.6. The number of furan rings is 1. The molecular formula is C19H28N5O+. The monoisotopic (exact) mass is 342 g/mol. The van der Waals surface area contributed by atoms with E-state index in [1.807, 2.05) is 12.1 Å². The number of nitrogens with zero attached hydrogens (tertiary/aromatic N) is 3. The highest BCUT2D eigenvalue weighted by Crippen LogP contribution is 2.29. The highest BCUT2D eigenvalue weighted by atomic mass is 16.3. The molecule has 0 unspecified atom stereocenters. The Morgan fingerprint density at radius 2 is 2.00 bits per heavy atom. The van der Waals surface area contributed by atoms with Gasteiger partial charge in [-0.15, -0.1) is 0 Å². The van der Waals surface area contributed by atoms with E-state index in [4.69, 9.17) is 4.42 Å². The van der Waals surface area contributed by atoms with Gasteiger partial charge in [-0.3, -0.25) is 0 Å². The zero-order valence-electron chi connectivity index (χ0n) is 15.6. The first-order chi connectivity index (χ1) is 12.2. The summed E-state index contributed by atoms with van der Waals surface area (Å²) in [5.41, 5.74) is 3.38. The number of hydrogen-bond donors (Lipinski definition) is 2. The van der Waals surface area contributed by atoms with Gasteiger partial charge in [0.15, 0.2) is 0 Å². The van der Waals surface area contributed by atoms with Crippen LogP contribution in [0.5, 0.6) is 0 Å². The van der Waals surface area contributed by atoms with Crippen LogP contribution in [0, 0.1) is 13.8 Å². The molecule has 0 saturated heterocycles. The molecule has 0 aliphatic heterocycles. The largest absolute Gasteiger partial charge is 0.467 e. The van der Waals surface area contributed by atoms with E-state index in [-0.39, 0.29) is 0 Å². The number of quaternary nitrogens is 1. The standard InChI is InChI=1S/C19H27N5O/c1-5-23(6-2)10-9-20-18-17-14(3)15(4)24(19(17)22-13-21-18)12-16-8-7-11-25-16/h7-8,11,13H,5-6,9-10,12H2,1-4H3,(H,20,21,22)/p+1. The van der Waals surface area contributed by atoms with Gasteiger partial charge in [-0.25, -0.2) is 9.97 Å². The summed E-state index contributed by atoms with van der Waals surface area (Å²) in [5.74, 6) is 1.86. The van der Waals surface area contributed by atoms with Gasteiger partial charge in [0.25, 0.3) is 0 Å². The van der Waals surface area contributed by atoms with Gasteiger partial charge in [-0.1, -0.05) is 0 Å². The normalized spacial score (nSPS) is 11.6. The van der Waals surface area contributed by atoms with Crippen LogP contribution in [0.25, 0.3) is 11.0 Å². The molecule has 6 nitrogen and oxygen atoms in total. The zero-order chi connectivity index (χ0) is 17.8. The quantitative estimate of drug-likeness (QED) is 0.658. The first-order valence-corrected chi connectivity index (χ1v) is 9.05. The van der Waals surface area contributed by atoms with Crippen molar-refractivity contribution >= 4 is 16.9 Å². The number of hydrogen-bond acceptors (Lipinski definition) is 4. The summed E-state index contributed by atoms with van der Waals surface area (Å²) in [4.78, 5) is 10.6. The second-order valence-corrected chi connectivity index (χ2v) is 6.43. The molecule has 3 aromatic heterocycles. The molecule has 3 heterocycles. The van der Waals surface area contributed by atoms with Crippen molar-refractivity contribution in [2.24, 2.45) is 0 Å². The Labute approximate surface area is 148 Å². The number of anilines is 1. The SMILES string of the molecule is CC[NH+](CC)CCNc1ncnc2c1c(C)c(C)n2Cc1ccco1. The summed E-state index contributed by atoms with van der Waals surface area (Å²) in [6, 6.07) is 3.91. The molecule has 0 atom stereocenters. The molecule has 0 spiro atoms. The Hall–Kier alpha value is -2.34. The fourth-order valence-electron chi connectivity index (χ4n) is 3.32. The van der Waals surface area contributed by atoms with E-state index < -0.39 is 0 Å². The lowest BCUT2D eigenvalue weighted by Gasteiger charge is -2.16.